The van der Waals surface area contributed by atoms with Gasteiger partial charge in [0.15, 0.2) is 10.9 Å². The third kappa shape index (κ3) is 9.02. The molecular formula is C21H26Cl2FN5O2S. The molecule has 1 aromatic heterocycles. The van der Waals surface area contributed by atoms with Crippen LogP contribution in [0.2, 0.25) is 10.0 Å². The molecule has 0 saturated carbocycles. The number of nitrogens with zero attached hydrogens (tertiary/aromatic N) is 2. The number of amides is 1. The maximum Gasteiger partial charge on any atom is 0.410 e. The molecule has 1 aromatic carbocycles. The second-order valence-electron chi connectivity index (χ2n) is 7.98. The Morgan fingerprint density at radius 2 is 1.91 bits per heavy atom. The van der Waals surface area contributed by atoms with E-state index in [0.29, 0.717) is 40.4 Å². The lowest BCUT2D eigenvalue weighted by Gasteiger charge is -2.27. The standard InChI is InChI=1S/C21H26Cl2FN5O2S/c1-21(2,3)31-20(30)29(12-13-9-14(22)11-15(23)10-13)8-4-7-26-19(32)27-16-5-6-17(24)28-18(16)25/h5-6,9-11H,4,7-8,12H2,1-3H3,(H2,25,28)(H2,26,27,32). The maximum absolute atomic E-state index is 13.1. The zero-order valence-corrected chi connectivity index (χ0v) is 20.4. The highest BCUT2D eigenvalue weighted by atomic mass is 35.5. The molecule has 0 aliphatic rings. The number of pyridine rings is 1. The minimum absolute atomic E-state index is 0.00503. The number of aromatic nitrogens is 1. The van der Waals surface area contributed by atoms with E-state index in [-0.39, 0.29) is 12.4 Å². The van der Waals surface area contributed by atoms with E-state index in [1.54, 1.807) is 43.9 Å². The number of hydrogen-bond donors (Lipinski definition) is 3. The number of thiocarbonyl (C=S) groups is 1. The van der Waals surface area contributed by atoms with Crippen LogP contribution >= 0.6 is 35.4 Å². The zero-order chi connectivity index (χ0) is 23.9. The Kier molecular flexibility index (Phi) is 9.30. The average Bonchev–Trinajstić information content (AvgIpc) is 2.64. The van der Waals surface area contributed by atoms with Crippen LogP contribution in [0.5, 0.6) is 0 Å². The zero-order valence-electron chi connectivity index (χ0n) is 18.0. The summed E-state index contributed by atoms with van der Waals surface area (Å²) < 4.78 is 18.6. The van der Waals surface area contributed by atoms with Gasteiger partial charge in [-0.15, -0.1) is 0 Å². The van der Waals surface area contributed by atoms with Gasteiger partial charge in [-0.05, 0) is 75.3 Å². The van der Waals surface area contributed by atoms with Gasteiger partial charge in [0, 0.05) is 29.7 Å². The molecule has 0 aliphatic heterocycles. The molecule has 0 bridgehead atoms. The van der Waals surface area contributed by atoms with Crippen molar-refractivity contribution in [3.8, 4) is 0 Å². The number of anilines is 2. The normalized spacial score (nSPS) is 11.1. The van der Waals surface area contributed by atoms with E-state index in [0.717, 1.165) is 5.56 Å². The molecule has 174 valence electrons. The number of ether oxygens (including phenoxy) is 1. The van der Waals surface area contributed by atoms with Crippen LogP contribution in [0.4, 0.5) is 20.7 Å². The number of hydrogen-bond acceptors (Lipinski definition) is 5. The van der Waals surface area contributed by atoms with Crippen molar-refractivity contribution in [2.24, 2.45) is 0 Å². The van der Waals surface area contributed by atoms with Crippen molar-refractivity contribution >= 4 is 58.1 Å². The van der Waals surface area contributed by atoms with E-state index < -0.39 is 17.6 Å². The number of carbonyl (C=O) groups is 1. The molecule has 7 nitrogen and oxygen atoms in total. The minimum Gasteiger partial charge on any atom is -0.444 e. The Hall–Kier alpha value is -2.36. The summed E-state index contributed by atoms with van der Waals surface area (Å²) in [6.45, 7) is 6.57. The van der Waals surface area contributed by atoms with Gasteiger partial charge in [0.25, 0.3) is 0 Å². The Balaban J connectivity index is 1.93. The monoisotopic (exact) mass is 501 g/mol. The molecule has 0 unspecified atom stereocenters. The van der Waals surface area contributed by atoms with E-state index in [1.165, 1.54) is 12.1 Å². The fourth-order valence-electron chi connectivity index (χ4n) is 2.68. The summed E-state index contributed by atoms with van der Waals surface area (Å²) in [6, 6.07) is 7.77. The molecule has 0 saturated heterocycles. The van der Waals surface area contributed by atoms with E-state index in [1.807, 2.05) is 0 Å². The summed E-state index contributed by atoms with van der Waals surface area (Å²) in [4.78, 5) is 17.8. The fourth-order valence-corrected chi connectivity index (χ4v) is 3.46. The third-order valence-electron chi connectivity index (χ3n) is 3.98. The van der Waals surface area contributed by atoms with Crippen molar-refractivity contribution in [2.75, 3.05) is 24.1 Å². The quantitative estimate of drug-likeness (QED) is 0.272. The van der Waals surface area contributed by atoms with Gasteiger partial charge in [0.2, 0.25) is 5.95 Å². The number of benzene rings is 1. The third-order valence-corrected chi connectivity index (χ3v) is 4.66. The molecule has 0 fully saturated rings. The second kappa shape index (κ2) is 11.5. The SMILES string of the molecule is CC(C)(C)OC(=O)N(CCCNC(=S)Nc1ccc(F)nc1N)Cc1cc(Cl)cc(Cl)c1. The number of carbonyl (C=O) groups excluding carboxylic acids is 1. The van der Waals surface area contributed by atoms with Crippen molar-refractivity contribution in [3.63, 3.8) is 0 Å². The molecule has 11 heteroatoms. The fraction of sp³-hybridized carbons (Fsp3) is 0.381. The van der Waals surface area contributed by atoms with Crippen molar-refractivity contribution < 1.29 is 13.9 Å². The predicted octanol–water partition coefficient (Wildman–Crippen LogP) is 5.22. The van der Waals surface area contributed by atoms with Crippen LogP contribution in [0, 0.1) is 5.95 Å². The van der Waals surface area contributed by atoms with Crippen molar-refractivity contribution in [2.45, 2.75) is 39.3 Å². The molecule has 0 atom stereocenters. The Morgan fingerprint density at radius 1 is 1.25 bits per heavy atom. The largest absolute Gasteiger partial charge is 0.444 e. The number of nitrogens with one attached hydrogen (secondary N) is 2. The van der Waals surface area contributed by atoms with Crippen LogP contribution in [-0.4, -0.2) is 39.8 Å². The van der Waals surface area contributed by atoms with Crippen LogP contribution in [-0.2, 0) is 11.3 Å². The Morgan fingerprint density at radius 3 is 2.50 bits per heavy atom. The van der Waals surface area contributed by atoms with Crippen molar-refractivity contribution in [1.82, 2.24) is 15.2 Å². The molecule has 32 heavy (non-hydrogen) atoms. The second-order valence-corrected chi connectivity index (χ2v) is 9.26. The average molecular weight is 502 g/mol. The van der Waals surface area contributed by atoms with E-state index in [4.69, 9.17) is 45.9 Å². The number of rotatable bonds is 7. The van der Waals surface area contributed by atoms with Gasteiger partial charge in [0.1, 0.15) is 5.60 Å². The van der Waals surface area contributed by atoms with Crippen LogP contribution < -0.4 is 16.4 Å². The summed E-state index contributed by atoms with van der Waals surface area (Å²) in [5.41, 5.74) is 6.22. The molecule has 1 heterocycles. The topological polar surface area (TPSA) is 92.5 Å². The Bertz CT molecular complexity index is 951. The first-order valence-corrected chi connectivity index (χ1v) is 11.0. The van der Waals surface area contributed by atoms with Gasteiger partial charge >= 0.3 is 6.09 Å². The van der Waals surface area contributed by atoms with Gasteiger partial charge in [-0.3, -0.25) is 0 Å². The van der Waals surface area contributed by atoms with Gasteiger partial charge in [-0.1, -0.05) is 23.2 Å². The molecule has 2 rings (SSSR count). The number of nitrogen functional groups attached to an aromatic ring is 1. The summed E-state index contributed by atoms with van der Waals surface area (Å²) >= 11 is 17.4. The molecule has 2 aromatic rings. The minimum atomic E-state index is -0.671. The molecule has 0 aliphatic carbocycles. The highest BCUT2D eigenvalue weighted by Gasteiger charge is 2.22. The van der Waals surface area contributed by atoms with Crippen LogP contribution in [0.3, 0.4) is 0 Å². The molecule has 0 spiro atoms. The summed E-state index contributed by atoms with van der Waals surface area (Å²) in [5, 5.41) is 7.16. The lowest BCUT2D eigenvalue weighted by atomic mass is 10.2. The van der Waals surface area contributed by atoms with Crippen molar-refractivity contribution in [1.29, 1.82) is 0 Å². The molecule has 4 N–H and O–H groups in total. The molecule has 1 amide bonds. The molecule has 0 radical (unpaired) electrons. The lowest BCUT2D eigenvalue weighted by molar-refractivity contribution is 0.0232. The van der Waals surface area contributed by atoms with Gasteiger partial charge in [-0.2, -0.15) is 4.39 Å². The lowest BCUT2D eigenvalue weighted by Crippen LogP contribution is -2.38. The van der Waals surface area contributed by atoms with Gasteiger partial charge in [0.05, 0.1) is 5.69 Å². The van der Waals surface area contributed by atoms with E-state index >= 15 is 0 Å². The predicted molar refractivity (Wildman–Crippen MR) is 131 cm³/mol. The highest BCUT2D eigenvalue weighted by Crippen LogP contribution is 2.21. The maximum atomic E-state index is 13.1. The Labute approximate surface area is 202 Å². The smallest absolute Gasteiger partial charge is 0.410 e. The summed E-state index contributed by atoms with van der Waals surface area (Å²) in [6.07, 6.45) is 0.131. The number of nitrogens with two attached hydrogens (primary N) is 1. The summed E-state index contributed by atoms with van der Waals surface area (Å²) in [5.74, 6) is -0.666. The number of halogens is 3. The van der Waals surface area contributed by atoms with Crippen molar-refractivity contribution in [3.05, 3.63) is 51.9 Å². The van der Waals surface area contributed by atoms with E-state index in [2.05, 4.69) is 15.6 Å². The molecular weight excluding hydrogens is 476 g/mol. The van der Waals surface area contributed by atoms with Crippen LogP contribution in [0.15, 0.2) is 30.3 Å². The highest BCUT2D eigenvalue weighted by molar-refractivity contribution is 7.80. The summed E-state index contributed by atoms with van der Waals surface area (Å²) in [7, 11) is 0. The van der Waals surface area contributed by atoms with Gasteiger partial charge < -0.3 is 26.0 Å². The first-order valence-electron chi connectivity index (χ1n) is 9.83. The van der Waals surface area contributed by atoms with E-state index in [9.17, 15) is 9.18 Å². The van der Waals surface area contributed by atoms with Crippen LogP contribution in [0.1, 0.15) is 32.8 Å². The van der Waals surface area contributed by atoms with Gasteiger partial charge in [-0.25, -0.2) is 9.78 Å². The van der Waals surface area contributed by atoms with Crippen LogP contribution in [0.25, 0.3) is 0 Å². The first kappa shape index (κ1) is 25.9. The first-order chi connectivity index (χ1) is 14.9.